The van der Waals surface area contributed by atoms with Crippen LogP contribution in [0.5, 0.6) is 11.5 Å². The van der Waals surface area contributed by atoms with Crippen molar-refractivity contribution in [2.75, 3.05) is 101 Å². The van der Waals surface area contributed by atoms with Gasteiger partial charge >= 0.3 is 0 Å². The van der Waals surface area contributed by atoms with Crippen molar-refractivity contribution in [1.29, 1.82) is 0 Å². The van der Waals surface area contributed by atoms with Gasteiger partial charge in [-0.25, -0.2) is 4.39 Å². The van der Waals surface area contributed by atoms with Crippen LogP contribution < -0.4 is 52.0 Å². The molecule has 10 rings (SSSR count). The van der Waals surface area contributed by atoms with Gasteiger partial charge < -0.3 is 90.2 Å². The Hall–Kier alpha value is -10.2. The number of aliphatic hydroxyl groups excluding tert-OH is 1. The lowest BCUT2D eigenvalue weighted by Gasteiger charge is -2.37. The van der Waals surface area contributed by atoms with Crippen LogP contribution >= 0.6 is 0 Å². The minimum atomic E-state index is -1.85. The summed E-state index contributed by atoms with van der Waals surface area (Å²) in [5, 5.41) is 34.1. The van der Waals surface area contributed by atoms with Crippen molar-refractivity contribution >= 4 is 81.5 Å². The summed E-state index contributed by atoms with van der Waals surface area (Å²) in [5.41, 5.74) is 2.57. The number of likely N-dealkylation sites (N-methyl/N-ethyl adjacent to an activating group) is 1. The average molecular weight is 1580 g/mol. The molecule has 6 heterocycles. The minimum absolute atomic E-state index is 0.000642. The Labute approximate surface area is 663 Å². The van der Waals surface area contributed by atoms with Gasteiger partial charge in [-0.05, 0) is 148 Å². The second-order valence-electron chi connectivity index (χ2n) is 31.5. The molecule has 0 radical (unpaired) electrons. The number of carbonyl (C=O) groups is 12. The molecule has 0 saturated carbocycles. The second-order valence-corrected chi connectivity index (χ2v) is 31.5. The van der Waals surface area contributed by atoms with E-state index in [4.69, 9.17) is 23.7 Å². The predicted octanol–water partition coefficient (Wildman–Crippen LogP) is 2.29. The normalized spacial score (nSPS) is 24.6. The number of halogens is 1. The van der Waals surface area contributed by atoms with E-state index in [1.807, 2.05) is 43.9 Å². The Morgan fingerprint density at radius 1 is 0.711 bits per heavy atom. The fourth-order valence-electron chi connectivity index (χ4n) is 15.1. The Kier molecular flexibility index (Phi) is 30.4. The van der Waals surface area contributed by atoms with Gasteiger partial charge in [-0.2, -0.15) is 0 Å². The summed E-state index contributed by atoms with van der Waals surface area (Å²) < 4.78 is 48.1. The maximum Gasteiger partial charge on any atom is 0.246 e. The van der Waals surface area contributed by atoms with Gasteiger partial charge in [0.1, 0.15) is 72.0 Å². The monoisotopic (exact) mass is 1580 g/mol. The number of ether oxygens (including phenoxy) is 5. The van der Waals surface area contributed by atoms with Gasteiger partial charge in [0, 0.05) is 101 Å². The molecule has 616 valence electrons. The third kappa shape index (κ3) is 23.7. The molecule has 31 heteroatoms. The van der Waals surface area contributed by atoms with Crippen molar-refractivity contribution in [3.05, 3.63) is 130 Å². The van der Waals surface area contributed by atoms with Gasteiger partial charge in [-0.3, -0.25) is 57.5 Å². The fraction of sp³-hybridized carbons (Fsp3) is 0.542. The van der Waals surface area contributed by atoms with Crippen LogP contribution in [-0.2, 0) is 117 Å². The quantitative estimate of drug-likeness (QED) is 0.0536. The fourth-order valence-corrected chi connectivity index (χ4v) is 15.1. The molecule has 5 aliphatic heterocycles. The second kappa shape index (κ2) is 40.2. The van der Waals surface area contributed by atoms with E-state index in [2.05, 4.69) is 42.5 Å². The lowest BCUT2D eigenvalue weighted by Crippen LogP contribution is -2.63. The standard InChI is InChI=1S/C83H109FN12O18/c1-51-76(103)91-66(48-87-71(100)28-36-111-38-39-112-37-34-96(4,5)6)77(104)89-64-42-55-12-10-13-56(40-55)47-86-73(102)50-114-69-27-33-94-75(69)79(106)92-74(52(2)97)78(105)90-65(41-53-15-22-62(110-7)23-16-53)81(108)95-32-11-29-83(95,3)82(109)85-30-26-54-14-17-57(18-20-61(98)21-25-72(101)88-51)70(43-54)113-35-9-8-31-93-49-59(44-58(80(94)107)45-68(64)99)63-46-60(84)19-24-67(63)93/h10,12-17,19,22-24,40,43,46,49,51-52,58,64-66,69,74-75,97H,8-9,11,18,20-21,25-39,41-42,44-45,47-48,50H2,1-7H3,(H7-,85,86,87,88,89,90,91,92,100,101,102,103,104,105,106,109)/p+1/t51-,52+,58+,64-,65-,66+,69-,74+,75-,83-/m0/s1. The number of carbonyl (C=O) groups excluding carboxylic acids is 12. The molecule has 0 aliphatic carbocycles. The number of Topliss-reactive ketones (excluding diaryl/α,β-unsaturated/α-hetero) is 2. The summed E-state index contributed by atoms with van der Waals surface area (Å²) in [6.45, 7) is 5.19. The third-order valence-electron chi connectivity index (χ3n) is 21.7. The van der Waals surface area contributed by atoms with Crippen LogP contribution in [0.2, 0.25) is 0 Å². The molecular formula is C83H110FN12O18+. The minimum Gasteiger partial charge on any atom is -0.497 e. The summed E-state index contributed by atoms with van der Waals surface area (Å²) >= 11 is 0. The Morgan fingerprint density at radius 2 is 1.46 bits per heavy atom. The SMILES string of the molecule is COc1ccc(C[C@@H]2NC(=O)[C@@H]([C@@H](C)O)NC(=O)[C@@H]3[C@@H]4CCN3C(=O)[C@H]3CC(=O)[C@H](Cc5cccc(c5)CNC(=O)CO4)NC(=O)[C@@H](CNC(=O)CCOCCOCC[N+](C)(C)C)NC(=O)[C@H](C)NC(=O)CCC(=O)CCc4ccc(cc4OCCCCn4cc(c5cc(F)ccc54)C3)CCNC(=O)[C@]3(C)CCCN3C2=O)cc1. The van der Waals surface area contributed by atoms with E-state index in [-0.39, 0.29) is 123 Å². The third-order valence-corrected chi connectivity index (χ3v) is 21.7. The molecule has 5 aromatic rings. The van der Waals surface area contributed by atoms with Crippen LogP contribution in [0.1, 0.15) is 118 Å². The molecule has 0 spiro atoms. The van der Waals surface area contributed by atoms with Gasteiger partial charge in [0.05, 0.1) is 79.5 Å². The van der Waals surface area contributed by atoms with Crippen LogP contribution in [0.15, 0.2) is 91.1 Å². The van der Waals surface area contributed by atoms with Crippen molar-refractivity contribution < 1.29 is 95.2 Å². The van der Waals surface area contributed by atoms with Crippen LogP contribution in [0.4, 0.5) is 4.39 Å². The lowest BCUT2D eigenvalue weighted by atomic mass is 9.88. The van der Waals surface area contributed by atoms with E-state index in [1.165, 1.54) is 42.9 Å². The number of amides is 10. The number of aryl methyl sites for hydroxylation is 2. The van der Waals surface area contributed by atoms with Gasteiger partial charge in [-0.15, -0.1) is 0 Å². The largest absolute Gasteiger partial charge is 0.497 e. The van der Waals surface area contributed by atoms with E-state index < -0.39 is 150 Å². The molecule has 4 aromatic carbocycles. The zero-order valence-electron chi connectivity index (χ0n) is 66.2. The molecule has 2 fully saturated rings. The van der Waals surface area contributed by atoms with Crippen molar-refractivity contribution in [3.8, 4) is 11.5 Å². The Balaban J connectivity index is 1.07. The molecule has 2 saturated heterocycles. The van der Waals surface area contributed by atoms with Crippen molar-refractivity contribution in [1.82, 2.24) is 56.9 Å². The first kappa shape index (κ1) is 86.2. The van der Waals surface area contributed by atoms with Gasteiger partial charge in [-0.1, -0.05) is 48.5 Å². The van der Waals surface area contributed by atoms with E-state index in [1.54, 1.807) is 67.7 Å². The van der Waals surface area contributed by atoms with Crippen LogP contribution in [0.25, 0.3) is 10.9 Å². The first-order valence-corrected chi connectivity index (χ1v) is 39.5. The molecule has 10 atom stereocenters. The van der Waals surface area contributed by atoms with Crippen molar-refractivity contribution in [2.45, 2.75) is 184 Å². The van der Waals surface area contributed by atoms with Crippen LogP contribution in [0, 0.1) is 11.7 Å². The number of nitrogens with one attached hydrogen (secondary N) is 8. The highest BCUT2D eigenvalue weighted by Gasteiger charge is 2.50. The number of hydrogen-bond donors (Lipinski definition) is 9. The maximum absolute atomic E-state index is 16.3. The molecule has 5 aliphatic rings. The number of fused-ring (bicyclic) bond motifs is 11. The molecule has 30 nitrogen and oxygen atoms in total. The summed E-state index contributed by atoms with van der Waals surface area (Å²) in [4.78, 5) is 180. The Morgan fingerprint density at radius 3 is 2.23 bits per heavy atom. The summed E-state index contributed by atoms with van der Waals surface area (Å²) in [6.07, 6.45) is -1.22. The first-order valence-electron chi connectivity index (χ1n) is 39.5. The maximum atomic E-state index is 16.3. The van der Waals surface area contributed by atoms with Gasteiger partial charge in [0.15, 0.2) is 5.78 Å². The summed E-state index contributed by atoms with van der Waals surface area (Å²) in [7, 11) is 7.60. The summed E-state index contributed by atoms with van der Waals surface area (Å²) in [6, 6.07) is 13.8. The molecule has 9 N–H and O–H groups in total. The first-order chi connectivity index (χ1) is 54.5. The molecule has 11 bridgehead atoms. The highest BCUT2D eigenvalue weighted by molar-refractivity contribution is 6.00. The van der Waals surface area contributed by atoms with Crippen molar-refractivity contribution in [2.24, 2.45) is 5.92 Å². The molecule has 0 unspecified atom stereocenters. The molecular weight excluding hydrogens is 1470 g/mol. The van der Waals surface area contributed by atoms with E-state index in [0.29, 0.717) is 93.5 Å². The highest BCUT2D eigenvalue weighted by Crippen LogP contribution is 2.34. The summed E-state index contributed by atoms with van der Waals surface area (Å²) in [5.74, 6) is -9.84. The van der Waals surface area contributed by atoms with Gasteiger partial charge in [0.25, 0.3) is 0 Å². The molecule has 114 heavy (non-hydrogen) atoms. The van der Waals surface area contributed by atoms with E-state index in [0.717, 1.165) is 12.1 Å². The van der Waals surface area contributed by atoms with Crippen LogP contribution in [-0.4, -0.2) is 249 Å². The van der Waals surface area contributed by atoms with E-state index >= 15 is 33.2 Å². The zero-order valence-corrected chi connectivity index (χ0v) is 66.2. The van der Waals surface area contributed by atoms with E-state index in [9.17, 15) is 33.9 Å². The number of rotatable bonds is 15. The van der Waals surface area contributed by atoms with Crippen molar-refractivity contribution in [3.63, 3.8) is 0 Å². The number of quaternary nitrogens is 1. The number of nitrogens with zero attached hydrogens (tertiary/aromatic N) is 4. The number of aliphatic hydroxyl groups is 1. The predicted molar refractivity (Wildman–Crippen MR) is 416 cm³/mol. The van der Waals surface area contributed by atoms with Gasteiger partial charge in [0.2, 0.25) is 59.1 Å². The highest BCUT2D eigenvalue weighted by atomic mass is 19.1. The average Bonchev–Trinajstić information content (AvgIpc) is 1.62. The number of aromatic nitrogens is 1. The smallest absolute Gasteiger partial charge is 0.246 e. The Bertz CT molecular complexity index is 4300. The lowest BCUT2D eigenvalue weighted by molar-refractivity contribution is -0.870. The zero-order chi connectivity index (χ0) is 81.8. The number of methoxy groups -OCH3 is 1. The number of ketones is 2. The van der Waals surface area contributed by atoms with Crippen LogP contribution in [0.3, 0.4) is 0 Å². The number of hydrogen-bond acceptors (Lipinski definition) is 18. The molecule has 10 amide bonds. The molecule has 1 aromatic heterocycles. The topological polar surface area (TPSA) is 379 Å². The number of benzene rings is 4.